The van der Waals surface area contributed by atoms with Crippen molar-refractivity contribution in [3.05, 3.63) is 52.6 Å². The Morgan fingerprint density at radius 1 is 1.00 bits per heavy atom. The standard InChI is InChI=1S/C14H9Cl2N3O/c15-9-2-1-3-10(16)14(9)12-6-13(20-19-12)11-5-4-8(17)7-18-11/h1-7H,17H2. The highest BCUT2D eigenvalue weighted by Gasteiger charge is 2.14. The molecule has 0 fully saturated rings. The lowest BCUT2D eigenvalue weighted by molar-refractivity contribution is 0.433. The summed E-state index contributed by atoms with van der Waals surface area (Å²) in [5.41, 5.74) is 8.03. The van der Waals surface area contributed by atoms with Crippen LogP contribution in [0.2, 0.25) is 10.0 Å². The number of hydrogen-bond donors (Lipinski definition) is 1. The average Bonchev–Trinajstić information content (AvgIpc) is 2.89. The molecule has 2 aromatic heterocycles. The molecule has 20 heavy (non-hydrogen) atoms. The summed E-state index contributed by atoms with van der Waals surface area (Å²) in [6.07, 6.45) is 1.56. The van der Waals surface area contributed by atoms with E-state index in [0.29, 0.717) is 38.4 Å². The molecule has 100 valence electrons. The third-order valence-electron chi connectivity index (χ3n) is 2.77. The van der Waals surface area contributed by atoms with Gasteiger partial charge in [0, 0.05) is 11.6 Å². The molecule has 0 saturated carbocycles. The Morgan fingerprint density at radius 2 is 1.75 bits per heavy atom. The number of anilines is 1. The molecule has 2 heterocycles. The second-order valence-electron chi connectivity index (χ2n) is 4.15. The zero-order valence-corrected chi connectivity index (χ0v) is 11.7. The quantitative estimate of drug-likeness (QED) is 0.767. The van der Waals surface area contributed by atoms with E-state index in [4.69, 9.17) is 33.5 Å². The van der Waals surface area contributed by atoms with E-state index in [1.807, 2.05) is 0 Å². The molecule has 2 N–H and O–H groups in total. The average molecular weight is 306 g/mol. The minimum absolute atomic E-state index is 0.516. The molecule has 0 aliphatic carbocycles. The maximum Gasteiger partial charge on any atom is 0.185 e. The number of nitrogen functional groups attached to an aromatic ring is 1. The van der Waals surface area contributed by atoms with Crippen molar-refractivity contribution in [3.63, 3.8) is 0 Å². The molecule has 0 aliphatic rings. The molecule has 4 nitrogen and oxygen atoms in total. The van der Waals surface area contributed by atoms with Gasteiger partial charge in [0.05, 0.1) is 21.9 Å². The van der Waals surface area contributed by atoms with Gasteiger partial charge in [0.25, 0.3) is 0 Å². The Bertz CT molecular complexity index is 733. The second kappa shape index (κ2) is 5.15. The van der Waals surface area contributed by atoms with Crippen LogP contribution >= 0.6 is 23.2 Å². The van der Waals surface area contributed by atoms with Gasteiger partial charge >= 0.3 is 0 Å². The van der Waals surface area contributed by atoms with Crippen molar-refractivity contribution in [2.45, 2.75) is 0 Å². The van der Waals surface area contributed by atoms with Crippen LogP contribution in [-0.2, 0) is 0 Å². The lowest BCUT2D eigenvalue weighted by Gasteiger charge is -2.01. The maximum absolute atomic E-state index is 6.14. The second-order valence-corrected chi connectivity index (χ2v) is 4.96. The van der Waals surface area contributed by atoms with Crippen LogP contribution in [0.3, 0.4) is 0 Å². The maximum atomic E-state index is 6.14. The third kappa shape index (κ3) is 2.35. The highest BCUT2D eigenvalue weighted by atomic mass is 35.5. The number of nitrogens with two attached hydrogens (primary N) is 1. The molecule has 0 saturated heterocycles. The van der Waals surface area contributed by atoms with Crippen molar-refractivity contribution in [1.29, 1.82) is 0 Å². The molecular weight excluding hydrogens is 297 g/mol. The summed E-state index contributed by atoms with van der Waals surface area (Å²) in [6, 6.07) is 10.5. The van der Waals surface area contributed by atoms with Gasteiger partial charge in [-0.1, -0.05) is 34.4 Å². The lowest BCUT2D eigenvalue weighted by atomic mass is 10.1. The predicted octanol–water partition coefficient (Wildman–Crippen LogP) is 4.29. The molecule has 0 spiro atoms. The normalized spacial score (nSPS) is 10.7. The van der Waals surface area contributed by atoms with Gasteiger partial charge in [-0.15, -0.1) is 0 Å². The van der Waals surface area contributed by atoms with Gasteiger partial charge < -0.3 is 10.3 Å². The predicted molar refractivity (Wildman–Crippen MR) is 79.6 cm³/mol. The smallest absolute Gasteiger partial charge is 0.185 e. The third-order valence-corrected chi connectivity index (χ3v) is 3.40. The summed E-state index contributed by atoms with van der Waals surface area (Å²) in [5, 5.41) is 5.02. The molecule has 6 heteroatoms. The van der Waals surface area contributed by atoms with Crippen LogP contribution in [0.1, 0.15) is 0 Å². The Kier molecular flexibility index (Phi) is 3.34. The van der Waals surface area contributed by atoms with Crippen LogP contribution in [0.25, 0.3) is 22.7 Å². The first kappa shape index (κ1) is 13.0. The number of pyridine rings is 1. The zero-order chi connectivity index (χ0) is 14.1. The molecule has 0 atom stereocenters. The van der Waals surface area contributed by atoms with E-state index in [1.165, 1.54) is 0 Å². The molecule has 0 bridgehead atoms. The fourth-order valence-corrected chi connectivity index (χ4v) is 2.40. The van der Waals surface area contributed by atoms with Crippen LogP contribution in [0.5, 0.6) is 0 Å². The molecular formula is C14H9Cl2N3O. The van der Waals surface area contributed by atoms with Gasteiger partial charge in [0.2, 0.25) is 0 Å². The van der Waals surface area contributed by atoms with Gasteiger partial charge in [0.1, 0.15) is 11.4 Å². The van der Waals surface area contributed by atoms with E-state index >= 15 is 0 Å². The van der Waals surface area contributed by atoms with Crippen molar-refractivity contribution in [2.24, 2.45) is 0 Å². The molecule has 3 rings (SSSR count). The fourth-order valence-electron chi connectivity index (χ4n) is 1.81. The number of benzene rings is 1. The number of rotatable bonds is 2. The summed E-state index contributed by atoms with van der Waals surface area (Å²) in [6.45, 7) is 0. The molecule has 1 aromatic carbocycles. The number of hydrogen-bond acceptors (Lipinski definition) is 4. The van der Waals surface area contributed by atoms with Crippen LogP contribution in [-0.4, -0.2) is 10.1 Å². The van der Waals surface area contributed by atoms with E-state index < -0.39 is 0 Å². The van der Waals surface area contributed by atoms with Crippen LogP contribution in [0, 0.1) is 0 Å². The summed E-state index contributed by atoms with van der Waals surface area (Å²) in [7, 11) is 0. The van der Waals surface area contributed by atoms with E-state index in [-0.39, 0.29) is 0 Å². The molecule has 0 amide bonds. The zero-order valence-electron chi connectivity index (χ0n) is 10.2. The summed E-state index contributed by atoms with van der Waals surface area (Å²) < 4.78 is 5.28. The van der Waals surface area contributed by atoms with Crippen LogP contribution in [0.4, 0.5) is 5.69 Å². The SMILES string of the molecule is Nc1ccc(-c2cc(-c3c(Cl)cccc3Cl)no2)nc1. The van der Waals surface area contributed by atoms with E-state index in [0.717, 1.165) is 0 Å². The van der Waals surface area contributed by atoms with E-state index in [9.17, 15) is 0 Å². The molecule has 0 radical (unpaired) electrons. The summed E-state index contributed by atoms with van der Waals surface area (Å²) in [4.78, 5) is 4.18. The first-order chi connectivity index (χ1) is 9.65. The first-order valence-electron chi connectivity index (χ1n) is 5.78. The first-order valence-corrected chi connectivity index (χ1v) is 6.54. The van der Waals surface area contributed by atoms with E-state index in [2.05, 4.69) is 10.1 Å². The Labute approximate surface area is 125 Å². The Balaban J connectivity index is 2.04. The summed E-state index contributed by atoms with van der Waals surface area (Å²) >= 11 is 12.3. The molecule has 0 unspecified atom stereocenters. The highest BCUT2D eigenvalue weighted by Crippen LogP contribution is 2.35. The minimum atomic E-state index is 0.516. The van der Waals surface area contributed by atoms with Gasteiger partial charge in [-0.3, -0.25) is 4.98 Å². The molecule has 0 aliphatic heterocycles. The van der Waals surface area contributed by atoms with Crippen molar-refractivity contribution in [1.82, 2.24) is 10.1 Å². The van der Waals surface area contributed by atoms with E-state index in [1.54, 1.807) is 42.6 Å². The number of nitrogens with zero attached hydrogens (tertiary/aromatic N) is 2. The largest absolute Gasteiger partial charge is 0.397 e. The van der Waals surface area contributed by atoms with Crippen molar-refractivity contribution in [3.8, 4) is 22.7 Å². The van der Waals surface area contributed by atoms with Crippen molar-refractivity contribution in [2.75, 3.05) is 5.73 Å². The summed E-state index contributed by atoms with van der Waals surface area (Å²) in [5.74, 6) is 0.524. The van der Waals surface area contributed by atoms with Crippen LogP contribution in [0.15, 0.2) is 47.1 Å². The molecule has 3 aromatic rings. The van der Waals surface area contributed by atoms with Crippen LogP contribution < -0.4 is 5.73 Å². The topological polar surface area (TPSA) is 64.9 Å². The van der Waals surface area contributed by atoms with Crippen molar-refractivity contribution < 1.29 is 4.52 Å². The highest BCUT2D eigenvalue weighted by molar-refractivity contribution is 6.39. The Morgan fingerprint density at radius 3 is 2.40 bits per heavy atom. The van der Waals surface area contributed by atoms with Crippen molar-refractivity contribution >= 4 is 28.9 Å². The van der Waals surface area contributed by atoms with Gasteiger partial charge in [-0.05, 0) is 24.3 Å². The number of aromatic nitrogens is 2. The van der Waals surface area contributed by atoms with Gasteiger partial charge in [0.15, 0.2) is 5.76 Å². The number of halogens is 2. The van der Waals surface area contributed by atoms with Gasteiger partial charge in [-0.2, -0.15) is 0 Å². The Hall–Kier alpha value is -2.04. The monoisotopic (exact) mass is 305 g/mol. The lowest BCUT2D eigenvalue weighted by Crippen LogP contribution is -1.86. The fraction of sp³-hybridized carbons (Fsp3) is 0. The minimum Gasteiger partial charge on any atom is -0.397 e. The van der Waals surface area contributed by atoms with Gasteiger partial charge in [-0.25, -0.2) is 0 Å².